The Kier molecular flexibility index (Phi) is 11.0. The number of hydrogen-bond acceptors (Lipinski definition) is 3. The van der Waals surface area contributed by atoms with E-state index < -0.39 is 0 Å². The molecule has 1 aliphatic rings. The van der Waals surface area contributed by atoms with Crippen LogP contribution in [0.2, 0.25) is 0 Å². The number of ether oxygens (including phenoxy) is 1. The first-order valence-electron chi connectivity index (χ1n) is 11.7. The minimum Gasteiger partial charge on any atom is -0.357 e. The lowest BCUT2D eigenvalue weighted by molar-refractivity contribution is -0.116. The van der Waals surface area contributed by atoms with E-state index in [4.69, 9.17) is 4.74 Å². The summed E-state index contributed by atoms with van der Waals surface area (Å²) < 4.78 is 5.61. The van der Waals surface area contributed by atoms with Crippen LogP contribution in [-0.4, -0.2) is 24.2 Å². The summed E-state index contributed by atoms with van der Waals surface area (Å²) in [7, 11) is 1.66. The summed E-state index contributed by atoms with van der Waals surface area (Å²) in [4.78, 5) is 19.0. The molecule has 0 bridgehead atoms. The lowest BCUT2D eigenvalue weighted by Crippen LogP contribution is -2.37. The van der Waals surface area contributed by atoms with Crippen LogP contribution in [0, 0.1) is 0 Å². The van der Waals surface area contributed by atoms with E-state index in [-0.39, 0.29) is 12.1 Å². The molecule has 0 saturated carbocycles. The number of rotatable bonds is 15. The maximum atomic E-state index is 13.0. The van der Waals surface area contributed by atoms with Crippen molar-refractivity contribution in [1.82, 2.24) is 4.98 Å². The average Bonchev–Trinajstić information content (AvgIpc) is 2.99. The molecule has 0 fully saturated rings. The summed E-state index contributed by atoms with van der Waals surface area (Å²) >= 11 is 0. The van der Waals surface area contributed by atoms with Crippen LogP contribution in [0.25, 0.3) is 0 Å². The zero-order valence-corrected chi connectivity index (χ0v) is 18.8. The van der Waals surface area contributed by atoms with E-state index in [1.165, 1.54) is 70.6 Å². The average molecular weight is 401 g/mol. The summed E-state index contributed by atoms with van der Waals surface area (Å²) in [6, 6.07) is 5.63. The predicted octanol–water partition coefficient (Wildman–Crippen LogP) is 6.81. The van der Waals surface area contributed by atoms with Gasteiger partial charge in [-0.2, -0.15) is 0 Å². The normalized spacial score (nSPS) is 16.9. The zero-order valence-electron chi connectivity index (χ0n) is 18.8. The summed E-state index contributed by atoms with van der Waals surface area (Å²) in [5.74, 6) is 0.713. The van der Waals surface area contributed by atoms with Crippen LogP contribution >= 0.6 is 0 Å². The minimum atomic E-state index is -0.329. The summed E-state index contributed by atoms with van der Waals surface area (Å²) in [5.41, 5.74) is 1.95. The van der Waals surface area contributed by atoms with Crippen molar-refractivity contribution < 1.29 is 9.53 Å². The standard InChI is InChI=1S/C25H40N2O2/c1-4-5-6-7-8-9-10-11-12-13-14-15-18-22-21(2)25(29-3)27(24(22)28)23-19-16-17-20-26-23/h16-17,19-20,25H,4-15,18H2,1-3H3. The Morgan fingerprint density at radius 3 is 2.03 bits per heavy atom. The van der Waals surface area contributed by atoms with Gasteiger partial charge in [0.05, 0.1) is 0 Å². The fourth-order valence-corrected chi connectivity index (χ4v) is 4.21. The number of pyridine rings is 1. The van der Waals surface area contributed by atoms with Crippen LogP contribution in [0.3, 0.4) is 0 Å². The number of methoxy groups -OCH3 is 1. The Morgan fingerprint density at radius 1 is 0.931 bits per heavy atom. The topological polar surface area (TPSA) is 42.4 Å². The molecule has 1 aliphatic heterocycles. The number of hydrogen-bond donors (Lipinski definition) is 0. The third-order valence-electron chi connectivity index (χ3n) is 5.96. The molecular weight excluding hydrogens is 360 g/mol. The molecule has 0 N–H and O–H groups in total. The van der Waals surface area contributed by atoms with Crippen molar-refractivity contribution in [3.8, 4) is 0 Å². The van der Waals surface area contributed by atoms with E-state index in [0.29, 0.717) is 5.82 Å². The monoisotopic (exact) mass is 400 g/mol. The Bertz CT molecular complexity index is 627. The molecule has 162 valence electrons. The molecule has 1 amide bonds. The second kappa shape index (κ2) is 13.5. The fraction of sp³-hybridized carbons (Fsp3) is 0.680. The third kappa shape index (κ3) is 7.26. The van der Waals surface area contributed by atoms with Crippen molar-refractivity contribution in [1.29, 1.82) is 0 Å². The number of unbranched alkanes of at least 4 members (excludes halogenated alkanes) is 11. The molecule has 0 aliphatic carbocycles. The second-order valence-electron chi connectivity index (χ2n) is 8.25. The van der Waals surface area contributed by atoms with Crippen LogP contribution < -0.4 is 4.90 Å². The van der Waals surface area contributed by atoms with E-state index in [1.807, 2.05) is 25.1 Å². The van der Waals surface area contributed by atoms with E-state index in [9.17, 15) is 4.79 Å². The van der Waals surface area contributed by atoms with Gasteiger partial charge >= 0.3 is 0 Å². The van der Waals surface area contributed by atoms with Gasteiger partial charge in [-0.1, -0.05) is 83.6 Å². The van der Waals surface area contributed by atoms with Gasteiger partial charge in [0.15, 0.2) is 6.23 Å². The van der Waals surface area contributed by atoms with E-state index in [0.717, 1.165) is 24.0 Å². The van der Waals surface area contributed by atoms with Gasteiger partial charge in [-0.05, 0) is 37.5 Å². The lowest BCUT2D eigenvalue weighted by Gasteiger charge is -2.23. The fourth-order valence-electron chi connectivity index (χ4n) is 4.21. The van der Waals surface area contributed by atoms with Crippen molar-refractivity contribution in [2.75, 3.05) is 12.0 Å². The Morgan fingerprint density at radius 2 is 1.52 bits per heavy atom. The van der Waals surface area contributed by atoms with Crippen molar-refractivity contribution >= 4 is 11.7 Å². The molecule has 1 aromatic rings. The molecule has 2 rings (SSSR count). The number of anilines is 1. The number of carbonyl (C=O) groups is 1. The van der Waals surface area contributed by atoms with Crippen LogP contribution in [0.15, 0.2) is 35.5 Å². The highest BCUT2D eigenvalue weighted by atomic mass is 16.5. The quantitative estimate of drug-likeness (QED) is 0.304. The molecule has 1 unspecified atom stereocenters. The van der Waals surface area contributed by atoms with Gasteiger partial charge in [-0.15, -0.1) is 0 Å². The summed E-state index contributed by atoms with van der Waals surface area (Å²) in [6.45, 7) is 4.29. The number of aromatic nitrogens is 1. The van der Waals surface area contributed by atoms with Crippen molar-refractivity contribution in [2.24, 2.45) is 0 Å². The summed E-state index contributed by atoms with van der Waals surface area (Å²) in [5, 5.41) is 0. The Labute approximate surface area is 177 Å². The summed E-state index contributed by atoms with van der Waals surface area (Å²) in [6.07, 6.45) is 18.2. The maximum Gasteiger partial charge on any atom is 0.257 e. The molecule has 4 nitrogen and oxygen atoms in total. The molecule has 1 atom stereocenters. The first-order chi connectivity index (χ1) is 14.2. The van der Waals surface area contributed by atoms with Gasteiger partial charge < -0.3 is 4.74 Å². The molecule has 1 aromatic heterocycles. The van der Waals surface area contributed by atoms with Gasteiger partial charge in [0.25, 0.3) is 5.91 Å². The molecule has 4 heteroatoms. The Balaban J connectivity index is 1.65. The maximum absolute atomic E-state index is 13.0. The predicted molar refractivity (Wildman–Crippen MR) is 121 cm³/mol. The highest BCUT2D eigenvalue weighted by Gasteiger charge is 2.38. The van der Waals surface area contributed by atoms with Gasteiger partial charge in [0.2, 0.25) is 0 Å². The molecular formula is C25H40N2O2. The Hall–Kier alpha value is -1.68. The van der Waals surface area contributed by atoms with Crippen molar-refractivity contribution in [3.63, 3.8) is 0 Å². The van der Waals surface area contributed by atoms with Crippen LogP contribution in [-0.2, 0) is 9.53 Å². The van der Waals surface area contributed by atoms with Crippen LogP contribution in [0.1, 0.15) is 97.3 Å². The van der Waals surface area contributed by atoms with Gasteiger partial charge in [-0.25, -0.2) is 4.98 Å². The molecule has 29 heavy (non-hydrogen) atoms. The highest BCUT2D eigenvalue weighted by molar-refractivity contribution is 6.09. The zero-order chi connectivity index (χ0) is 20.9. The first-order valence-corrected chi connectivity index (χ1v) is 11.7. The van der Waals surface area contributed by atoms with Gasteiger partial charge in [0.1, 0.15) is 5.82 Å². The van der Waals surface area contributed by atoms with Crippen molar-refractivity contribution in [2.45, 2.75) is 104 Å². The number of nitrogens with zero attached hydrogens (tertiary/aromatic N) is 2. The van der Waals surface area contributed by atoms with E-state index >= 15 is 0 Å². The van der Waals surface area contributed by atoms with E-state index in [1.54, 1.807) is 18.2 Å². The molecule has 0 saturated heterocycles. The largest absolute Gasteiger partial charge is 0.357 e. The first kappa shape index (κ1) is 23.6. The smallest absolute Gasteiger partial charge is 0.257 e. The van der Waals surface area contributed by atoms with Crippen LogP contribution in [0.4, 0.5) is 5.82 Å². The molecule has 0 spiro atoms. The van der Waals surface area contributed by atoms with Gasteiger partial charge in [-0.3, -0.25) is 9.69 Å². The number of amides is 1. The SMILES string of the molecule is CCCCCCCCCCCCCCC1=C(C)C(OC)N(c2ccccn2)C1=O. The van der Waals surface area contributed by atoms with Gasteiger partial charge in [0, 0.05) is 18.9 Å². The highest BCUT2D eigenvalue weighted by Crippen LogP contribution is 2.32. The van der Waals surface area contributed by atoms with Crippen LogP contribution in [0.5, 0.6) is 0 Å². The molecule has 0 radical (unpaired) electrons. The van der Waals surface area contributed by atoms with E-state index in [2.05, 4.69) is 11.9 Å². The van der Waals surface area contributed by atoms with Crippen molar-refractivity contribution in [3.05, 3.63) is 35.5 Å². The third-order valence-corrected chi connectivity index (χ3v) is 5.96. The molecule has 0 aromatic carbocycles. The minimum absolute atomic E-state index is 0.0520. The number of carbonyl (C=O) groups excluding carboxylic acids is 1. The molecule has 2 heterocycles. The lowest BCUT2D eigenvalue weighted by atomic mass is 10.0. The second-order valence-corrected chi connectivity index (χ2v) is 8.25.